The second kappa shape index (κ2) is 7.01. The Balaban J connectivity index is 2.07. The van der Waals surface area contributed by atoms with E-state index in [1.54, 1.807) is 0 Å². The normalized spacial score (nSPS) is 11.5. The van der Waals surface area contributed by atoms with Crippen LogP contribution in [0.1, 0.15) is 17.7 Å². The first-order valence-corrected chi connectivity index (χ1v) is 7.63. The summed E-state index contributed by atoms with van der Waals surface area (Å²) in [5.74, 6) is -0.321. The molecule has 0 bridgehead atoms. The molecule has 0 spiro atoms. The second-order valence-electron chi connectivity index (χ2n) is 5.40. The van der Waals surface area contributed by atoms with E-state index in [2.05, 4.69) is 15.0 Å². The van der Waals surface area contributed by atoms with Gasteiger partial charge < -0.3 is 14.8 Å². The molecule has 0 saturated heterocycles. The second-order valence-corrected chi connectivity index (χ2v) is 5.40. The van der Waals surface area contributed by atoms with Crippen molar-refractivity contribution in [1.82, 2.24) is 15.0 Å². The Bertz CT molecular complexity index is 976. The smallest absolute Gasteiger partial charge is 0.419 e. The van der Waals surface area contributed by atoms with E-state index in [-0.39, 0.29) is 42.3 Å². The molecule has 0 radical (unpaired) electrons. The Labute approximate surface area is 145 Å². The van der Waals surface area contributed by atoms with Crippen molar-refractivity contribution in [3.8, 4) is 23.1 Å². The summed E-state index contributed by atoms with van der Waals surface area (Å²) >= 11 is 0. The maximum absolute atomic E-state index is 13.4. The Kier molecular flexibility index (Phi) is 4.77. The minimum absolute atomic E-state index is 0.0237. The lowest BCUT2D eigenvalue weighted by atomic mass is 10.1. The predicted molar refractivity (Wildman–Crippen MR) is 86.2 cm³/mol. The summed E-state index contributed by atoms with van der Waals surface area (Å²) in [4.78, 5) is 10.9. The number of hydrogen-bond donors (Lipinski definition) is 2. The number of halogens is 3. The number of imidazole rings is 1. The predicted octanol–water partition coefficient (Wildman–Crippen LogP) is 3.28. The maximum Gasteiger partial charge on any atom is 0.419 e. The molecule has 9 heteroatoms. The van der Waals surface area contributed by atoms with E-state index in [0.29, 0.717) is 11.0 Å². The molecule has 0 fully saturated rings. The number of aromatic amines is 1. The van der Waals surface area contributed by atoms with Gasteiger partial charge in [-0.15, -0.1) is 0 Å². The van der Waals surface area contributed by atoms with Gasteiger partial charge in [0.25, 0.3) is 0 Å². The summed E-state index contributed by atoms with van der Waals surface area (Å²) in [6.45, 7) is -0.208. The molecule has 3 rings (SSSR count). The SMILES string of the molecule is N#Cc1nc(-c2ccc(OCCCO)c(C(F)(F)F)c2)cc2[nH]cnc12. The molecule has 0 saturated carbocycles. The summed E-state index contributed by atoms with van der Waals surface area (Å²) < 4.78 is 45.3. The number of nitriles is 1. The van der Waals surface area contributed by atoms with E-state index >= 15 is 0 Å². The fraction of sp³-hybridized carbons (Fsp3) is 0.235. The van der Waals surface area contributed by atoms with Gasteiger partial charge in [-0.05, 0) is 24.3 Å². The molecule has 2 heterocycles. The molecule has 0 aliphatic heterocycles. The lowest BCUT2D eigenvalue weighted by Gasteiger charge is -2.15. The summed E-state index contributed by atoms with van der Waals surface area (Å²) in [5, 5.41) is 17.9. The standard InChI is InChI=1S/C17H13F3N4O2/c18-17(19,20)11-6-10(2-3-15(11)26-5-1-4-25)12-7-13-16(23-9-22-13)14(8-21)24-12/h2-3,6-7,9,25H,1,4-5H2,(H,22,23). The summed E-state index contributed by atoms with van der Waals surface area (Å²) in [6.07, 6.45) is -3.01. The van der Waals surface area contributed by atoms with Gasteiger partial charge in [-0.25, -0.2) is 9.97 Å². The number of pyridine rings is 1. The van der Waals surface area contributed by atoms with Crippen LogP contribution in [0.15, 0.2) is 30.6 Å². The van der Waals surface area contributed by atoms with Crippen LogP contribution < -0.4 is 4.74 Å². The van der Waals surface area contributed by atoms with Crippen molar-refractivity contribution in [3.63, 3.8) is 0 Å². The molecule has 2 N–H and O–H groups in total. The van der Waals surface area contributed by atoms with Crippen molar-refractivity contribution >= 4 is 11.0 Å². The van der Waals surface area contributed by atoms with Gasteiger partial charge >= 0.3 is 6.18 Å². The summed E-state index contributed by atoms with van der Waals surface area (Å²) in [7, 11) is 0. The average Bonchev–Trinajstić information content (AvgIpc) is 3.09. The molecule has 6 nitrogen and oxygen atoms in total. The molecule has 134 valence electrons. The molecule has 3 aromatic rings. The Morgan fingerprint density at radius 3 is 2.77 bits per heavy atom. The topological polar surface area (TPSA) is 94.8 Å². The first kappa shape index (κ1) is 17.7. The Morgan fingerprint density at radius 1 is 1.27 bits per heavy atom. The third-order valence-corrected chi connectivity index (χ3v) is 3.65. The molecule has 0 aliphatic carbocycles. The number of nitrogens with one attached hydrogen (secondary N) is 1. The van der Waals surface area contributed by atoms with E-state index in [0.717, 1.165) is 6.07 Å². The summed E-state index contributed by atoms with van der Waals surface area (Å²) in [6, 6.07) is 7.00. The third kappa shape index (κ3) is 3.45. The number of aromatic nitrogens is 3. The van der Waals surface area contributed by atoms with Gasteiger partial charge in [-0.3, -0.25) is 0 Å². The van der Waals surface area contributed by atoms with Crippen LogP contribution >= 0.6 is 0 Å². The molecule has 26 heavy (non-hydrogen) atoms. The van der Waals surface area contributed by atoms with E-state index in [1.807, 2.05) is 6.07 Å². The van der Waals surface area contributed by atoms with Crippen molar-refractivity contribution < 1.29 is 23.0 Å². The number of benzene rings is 1. The third-order valence-electron chi connectivity index (χ3n) is 3.65. The first-order chi connectivity index (χ1) is 12.4. The van der Waals surface area contributed by atoms with Crippen LogP contribution in [0, 0.1) is 11.3 Å². The van der Waals surface area contributed by atoms with Gasteiger partial charge in [0, 0.05) is 18.6 Å². The largest absolute Gasteiger partial charge is 0.493 e. The van der Waals surface area contributed by atoms with Crippen LogP contribution in [-0.2, 0) is 6.18 Å². The summed E-state index contributed by atoms with van der Waals surface area (Å²) in [5.41, 5.74) is 0.346. The number of nitrogens with zero attached hydrogens (tertiary/aromatic N) is 3. The van der Waals surface area contributed by atoms with Crippen molar-refractivity contribution in [2.45, 2.75) is 12.6 Å². The molecular formula is C17H13F3N4O2. The van der Waals surface area contributed by atoms with Crippen LogP contribution in [-0.4, -0.2) is 33.3 Å². The zero-order chi connectivity index (χ0) is 18.7. The number of ether oxygens (including phenoxy) is 1. The monoisotopic (exact) mass is 362 g/mol. The Morgan fingerprint density at radius 2 is 2.08 bits per heavy atom. The molecule has 0 amide bonds. The van der Waals surface area contributed by atoms with Gasteiger partial charge in [0.15, 0.2) is 5.69 Å². The zero-order valence-electron chi connectivity index (χ0n) is 13.3. The number of rotatable bonds is 5. The average molecular weight is 362 g/mol. The van der Waals surface area contributed by atoms with Gasteiger partial charge in [0.05, 0.1) is 29.7 Å². The van der Waals surface area contributed by atoms with E-state index in [9.17, 15) is 18.4 Å². The van der Waals surface area contributed by atoms with Crippen molar-refractivity contribution in [1.29, 1.82) is 5.26 Å². The van der Waals surface area contributed by atoms with E-state index in [1.165, 1.54) is 24.5 Å². The van der Waals surface area contributed by atoms with Gasteiger partial charge in [0.2, 0.25) is 0 Å². The fourth-order valence-electron chi connectivity index (χ4n) is 2.45. The number of H-pyrrole nitrogens is 1. The number of hydrogen-bond acceptors (Lipinski definition) is 5. The van der Waals surface area contributed by atoms with Crippen LogP contribution in [0.2, 0.25) is 0 Å². The highest BCUT2D eigenvalue weighted by Crippen LogP contribution is 2.39. The minimum atomic E-state index is -4.62. The molecule has 2 aromatic heterocycles. The van der Waals surface area contributed by atoms with Crippen LogP contribution in [0.5, 0.6) is 5.75 Å². The quantitative estimate of drug-likeness (QED) is 0.679. The molecule has 0 unspecified atom stereocenters. The Hall–Kier alpha value is -3.12. The number of aliphatic hydroxyl groups excluding tert-OH is 1. The molecule has 0 atom stereocenters. The van der Waals surface area contributed by atoms with Gasteiger partial charge in [-0.1, -0.05) is 0 Å². The zero-order valence-corrected chi connectivity index (χ0v) is 13.3. The van der Waals surface area contributed by atoms with Crippen LogP contribution in [0.3, 0.4) is 0 Å². The molecule has 1 aromatic carbocycles. The lowest BCUT2D eigenvalue weighted by Crippen LogP contribution is -2.10. The highest BCUT2D eigenvalue weighted by molar-refractivity contribution is 5.83. The van der Waals surface area contributed by atoms with E-state index in [4.69, 9.17) is 9.84 Å². The number of alkyl halides is 3. The molecular weight excluding hydrogens is 349 g/mol. The first-order valence-electron chi connectivity index (χ1n) is 7.63. The van der Waals surface area contributed by atoms with Crippen LogP contribution in [0.4, 0.5) is 13.2 Å². The number of fused-ring (bicyclic) bond motifs is 1. The van der Waals surface area contributed by atoms with Gasteiger partial charge in [-0.2, -0.15) is 18.4 Å². The lowest BCUT2D eigenvalue weighted by molar-refractivity contribution is -0.138. The molecule has 0 aliphatic rings. The number of aliphatic hydroxyl groups is 1. The van der Waals surface area contributed by atoms with Crippen molar-refractivity contribution in [2.75, 3.05) is 13.2 Å². The van der Waals surface area contributed by atoms with Gasteiger partial charge in [0.1, 0.15) is 17.3 Å². The maximum atomic E-state index is 13.4. The highest BCUT2D eigenvalue weighted by atomic mass is 19.4. The van der Waals surface area contributed by atoms with Crippen LogP contribution in [0.25, 0.3) is 22.3 Å². The fourth-order valence-corrected chi connectivity index (χ4v) is 2.45. The van der Waals surface area contributed by atoms with E-state index < -0.39 is 11.7 Å². The minimum Gasteiger partial charge on any atom is -0.493 e. The van der Waals surface area contributed by atoms with Crippen molar-refractivity contribution in [3.05, 3.63) is 41.9 Å². The van der Waals surface area contributed by atoms with Crippen molar-refractivity contribution in [2.24, 2.45) is 0 Å². The highest BCUT2D eigenvalue weighted by Gasteiger charge is 2.35.